The number of H-pyrrole nitrogens is 1. The molecule has 0 saturated carbocycles. The van der Waals surface area contributed by atoms with E-state index in [2.05, 4.69) is 37.7 Å². The van der Waals surface area contributed by atoms with Crippen LogP contribution in [0.15, 0.2) is 18.3 Å². The minimum Gasteiger partial charge on any atom is -0.481 e. The molecule has 136 valence electrons. The highest BCUT2D eigenvalue weighted by Crippen LogP contribution is 2.20. The summed E-state index contributed by atoms with van der Waals surface area (Å²) in [5.41, 5.74) is 2.18. The Bertz CT molecular complexity index is 665. The number of anilines is 1. The number of imidazole rings is 1. The lowest BCUT2D eigenvalue weighted by atomic mass is 10.2. The number of aromatic nitrogens is 3. The molecule has 1 aliphatic heterocycles. The molecule has 0 aromatic carbocycles. The van der Waals surface area contributed by atoms with Crippen LogP contribution in [0.25, 0.3) is 0 Å². The van der Waals surface area contributed by atoms with Crippen molar-refractivity contribution in [2.45, 2.75) is 32.7 Å². The van der Waals surface area contributed by atoms with Gasteiger partial charge in [0.05, 0.1) is 24.7 Å². The second kappa shape index (κ2) is 8.54. The number of hydrogen-bond donors (Lipinski definition) is 1. The molecule has 1 aliphatic rings. The number of aryl methyl sites for hydroxylation is 1. The molecule has 1 fully saturated rings. The fourth-order valence-electron chi connectivity index (χ4n) is 3.08. The largest absolute Gasteiger partial charge is 0.481 e. The number of piperazine rings is 1. The Morgan fingerprint density at radius 1 is 1.24 bits per heavy atom. The molecule has 1 saturated heterocycles. The molecule has 0 radical (unpaired) electrons. The maximum absolute atomic E-state index is 6.30. The topological polar surface area (TPSA) is 57.3 Å². The molecule has 0 spiro atoms. The summed E-state index contributed by atoms with van der Waals surface area (Å²) in [4.78, 5) is 16.9. The highest BCUT2D eigenvalue weighted by Gasteiger charge is 2.19. The van der Waals surface area contributed by atoms with Crippen LogP contribution < -0.4 is 9.64 Å². The summed E-state index contributed by atoms with van der Waals surface area (Å²) in [6.45, 7) is 6.94. The Hall–Kier alpha value is -1.79. The summed E-state index contributed by atoms with van der Waals surface area (Å²) in [5, 5.41) is 0.618. The zero-order valence-corrected chi connectivity index (χ0v) is 15.7. The first-order valence-corrected chi connectivity index (χ1v) is 9.28. The van der Waals surface area contributed by atoms with Crippen molar-refractivity contribution < 1.29 is 4.74 Å². The third kappa shape index (κ3) is 4.64. The van der Waals surface area contributed by atoms with Crippen molar-refractivity contribution in [1.29, 1.82) is 0 Å². The van der Waals surface area contributed by atoms with Gasteiger partial charge in [-0.3, -0.25) is 4.90 Å². The van der Waals surface area contributed by atoms with E-state index in [4.69, 9.17) is 16.3 Å². The number of halogens is 1. The van der Waals surface area contributed by atoms with Crippen LogP contribution in [0.4, 0.5) is 5.69 Å². The summed E-state index contributed by atoms with van der Waals surface area (Å²) in [6.07, 6.45) is 5.14. The summed E-state index contributed by atoms with van der Waals surface area (Å²) in [5.74, 6) is 1.65. The zero-order valence-electron chi connectivity index (χ0n) is 15.0. The van der Waals surface area contributed by atoms with Crippen LogP contribution in [0, 0.1) is 0 Å². The molecule has 2 aromatic heterocycles. The van der Waals surface area contributed by atoms with E-state index in [1.165, 1.54) is 0 Å². The highest BCUT2D eigenvalue weighted by molar-refractivity contribution is 6.30. The van der Waals surface area contributed by atoms with E-state index < -0.39 is 0 Å². The lowest BCUT2D eigenvalue weighted by Crippen LogP contribution is -2.46. The molecule has 0 unspecified atom stereocenters. The van der Waals surface area contributed by atoms with E-state index in [1.807, 2.05) is 12.3 Å². The smallest absolute Gasteiger partial charge is 0.213 e. The normalized spacial score (nSPS) is 15.6. The Kier molecular flexibility index (Phi) is 6.15. The Balaban J connectivity index is 1.53. The predicted molar refractivity (Wildman–Crippen MR) is 100 cm³/mol. The van der Waals surface area contributed by atoms with Gasteiger partial charge >= 0.3 is 0 Å². The second-order valence-electron chi connectivity index (χ2n) is 6.38. The number of unbranched alkanes of at least 4 members (excludes halogenated alkanes) is 1. The number of rotatable bonds is 7. The number of aromatic amines is 1. The van der Waals surface area contributed by atoms with Gasteiger partial charge in [-0.05, 0) is 12.5 Å². The Morgan fingerprint density at radius 3 is 2.68 bits per heavy atom. The van der Waals surface area contributed by atoms with Gasteiger partial charge in [0, 0.05) is 45.2 Å². The molecule has 1 N–H and O–H groups in total. The number of hydrogen-bond acceptors (Lipinski definition) is 5. The minimum atomic E-state index is 0.618. The Labute approximate surface area is 154 Å². The van der Waals surface area contributed by atoms with Crippen molar-refractivity contribution in [3.63, 3.8) is 0 Å². The van der Waals surface area contributed by atoms with Crippen molar-refractivity contribution in [2.75, 3.05) is 38.2 Å². The monoisotopic (exact) mass is 363 g/mol. The minimum absolute atomic E-state index is 0.618. The van der Waals surface area contributed by atoms with E-state index in [0.717, 1.165) is 69.2 Å². The van der Waals surface area contributed by atoms with Crippen LogP contribution >= 0.6 is 11.6 Å². The predicted octanol–water partition coefficient (Wildman–Crippen LogP) is 3.13. The number of pyridine rings is 1. The van der Waals surface area contributed by atoms with E-state index in [0.29, 0.717) is 11.0 Å². The van der Waals surface area contributed by atoms with Gasteiger partial charge in [0.2, 0.25) is 5.88 Å². The number of nitrogens with one attached hydrogen (secondary N) is 1. The summed E-state index contributed by atoms with van der Waals surface area (Å²) in [6, 6.07) is 3.97. The Morgan fingerprint density at radius 2 is 2.04 bits per heavy atom. The standard InChI is InChI=1S/C18H26ClN5O/c1-3-4-5-16-21-15(18(19)22-16)13-23-8-10-24(11-9-23)14-6-7-17(25-2)20-12-14/h6-7,12H,3-5,8-11,13H2,1-2H3,(H,21,22). The molecule has 2 aromatic rings. The number of ether oxygens (including phenoxy) is 1. The van der Waals surface area contributed by atoms with Crippen molar-refractivity contribution >= 4 is 17.3 Å². The molecule has 6 nitrogen and oxygen atoms in total. The fraction of sp³-hybridized carbons (Fsp3) is 0.556. The molecule has 25 heavy (non-hydrogen) atoms. The summed E-state index contributed by atoms with van der Waals surface area (Å²) >= 11 is 6.30. The first-order valence-electron chi connectivity index (χ1n) is 8.90. The number of nitrogens with zero attached hydrogens (tertiary/aromatic N) is 4. The van der Waals surface area contributed by atoms with Gasteiger partial charge in [-0.25, -0.2) is 9.97 Å². The van der Waals surface area contributed by atoms with E-state index >= 15 is 0 Å². The molecule has 0 amide bonds. The average molecular weight is 364 g/mol. The van der Waals surface area contributed by atoms with Gasteiger partial charge < -0.3 is 14.6 Å². The van der Waals surface area contributed by atoms with E-state index in [-0.39, 0.29) is 0 Å². The van der Waals surface area contributed by atoms with Crippen LogP contribution in [-0.2, 0) is 13.0 Å². The van der Waals surface area contributed by atoms with Crippen molar-refractivity contribution in [2.24, 2.45) is 0 Å². The maximum Gasteiger partial charge on any atom is 0.213 e. The quantitative estimate of drug-likeness (QED) is 0.819. The van der Waals surface area contributed by atoms with Gasteiger partial charge in [-0.15, -0.1) is 0 Å². The molecule has 0 aliphatic carbocycles. The fourth-order valence-corrected chi connectivity index (χ4v) is 3.28. The molecular weight excluding hydrogens is 338 g/mol. The molecule has 0 atom stereocenters. The summed E-state index contributed by atoms with van der Waals surface area (Å²) in [7, 11) is 1.63. The van der Waals surface area contributed by atoms with Crippen LogP contribution in [0.5, 0.6) is 5.88 Å². The first-order chi connectivity index (χ1) is 12.2. The van der Waals surface area contributed by atoms with Gasteiger partial charge in [-0.2, -0.15) is 0 Å². The van der Waals surface area contributed by atoms with Crippen molar-refractivity contribution in [3.8, 4) is 5.88 Å². The second-order valence-corrected chi connectivity index (χ2v) is 6.74. The van der Waals surface area contributed by atoms with Gasteiger partial charge in [0.1, 0.15) is 5.82 Å². The third-order valence-electron chi connectivity index (χ3n) is 4.59. The summed E-state index contributed by atoms with van der Waals surface area (Å²) < 4.78 is 5.12. The molecular formula is C18H26ClN5O. The van der Waals surface area contributed by atoms with Crippen LogP contribution in [0.3, 0.4) is 0 Å². The van der Waals surface area contributed by atoms with Crippen molar-refractivity contribution in [3.05, 3.63) is 35.0 Å². The van der Waals surface area contributed by atoms with Crippen molar-refractivity contribution in [1.82, 2.24) is 19.9 Å². The van der Waals surface area contributed by atoms with Crippen LogP contribution in [0.2, 0.25) is 5.15 Å². The maximum atomic E-state index is 6.30. The van der Waals surface area contributed by atoms with Gasteiger partial charge in [0.15, 0.2) is 5.15 Å². The highest BCUT2D eigenvalue weighted by atomic mass is 35.5. The average Bonchev–Trinajstić information content (AvgIpc) is 3.00. The third-order valence-corrected chi connectivity index (χ3v) is 4.91. The lowest BCUT2D eigenvalue weighted by Gasteiger charge is -2.35. The van der Waals surface area contributed by atoms with E-state index in [1.54, 1.807) is 7.11 Å². The van der Waals surface area contributed by atoms with Gasteiger partial charge in [0.25, 0.3) is 0 Å². The molecule has 3 rings (SSSR count). The molecule has 3 heterocycles. The van der Waals surface area contributed by atoms with E-state index in [9.17, 15) is 0 Å². The lowest BCUT2D eigenvalue weighted by molar-refractivity contribution is 0.247. The van der Waals surface area contributed by atoms with Gasteiger partial charge in [-0.1, -0.05) is 24.9 Å². The zero-order chi connectivity index (χ0) is 17.6. The SMILES string of the molecule is CCCCc1nc(Cl)c(CN2CCN(c3ccc(OC)nc3)CC2)[nH]1. The van der Waals surface area contributed by atoms with Crippen LogP contribution in [-0.4, -0.2) is 53.1 Å². The first kappa shape index (κ1) is 18.0. The molecule has 7 heteroatoms. The van der Waals surface area contributed by atoms with Crippen LogP contribution in [0.1, 0.15) is 31.3 Å². The number of methoxy groups -OCH3 is 1. The molecule has 0 bridgehead atoms.